The second kappa shape index (κ2) is 3.22. The highest BCUT2D eigenvalue weighted by Crippen LogP contribution is 2.27. The third-order valence-electron chi connectivity index (χ3n) is 2.19. The van der Waals surface area contributed by atoms with Gasteiger partial charge in [-0.2, -0.15) is 0 Å². The van der Waals surface area contributed by atoms with Crippen molar-refractivity contribution in [2.75, 3.05) is 0 Å². The van der Waals surface area contributed by atoms with E-state index in [1.54, 1.807) is 12.3 Å². The summed E-state index contributed by atoms with van der Waals surface area (Å²) in [5.41, 5.74) is 5.53. The molecule has 2 rings (SSSR count). The van der Waals surface area contributed by atoms with Crippen molar-refractivity contribution < 1.29 is 9.21 Å². The molecule has 1 fully saturated rings. The maximum Gasteiger partial charge on any atom is 0.225 e. The van der Waals surface area contributed by atoms with Gasteiger partial charge in [-0.05, 0) is 18.6 Å². The standard InChI is InChI=1S/C9H12N2O2/c10-8-4-7(8)9(12)11-5-6-2-1-3-13-6/h1-3,7-8H,4-5,10H2,(H,11,12). The van der Waals surface area contributed by atoms with E-state index < -0.39 is 0 Å². The van der Waals surface area contributed by atoms with Gasteiger partial charge in [-0.3, -0.25) is 4.79 Å². The average molecular weight is 180 g/mol. The molecule has 2 atom stereocenters. The van der Waals surface area contributed by atoms with Crippen LogP contribution in [-0.4, -0.2) is 11.9 Å². The topological polar surface area (TPSA) is 68.3 Å². The average Bonchev–Trinajstić information content (AvgIpc) is 2.68. The predicted octanol–water partition coefficient (Wildman–Crippen LogP) is 0.243. The molecule has 2 unspecified atom stereocenters. The van der Waals surface area contributed by atoms with Crippen molar-refractivity contribution in [1.29, 1.82) is 0 Å². The number of carbonyl (C=O) groups excluding carboxylic acids is 1. The van der Waals surface area contributed by atoms with Gasteiger partial charge in [-0.15, -0.1) is 0 Å². The number of hydrogen-bond acceptors (Lipinski definition) is 3. The molecule has 1 aromatic rings. The van der Waals surface area contributed by atoms with Gasteiger partial charge in [0.15, 0.2) is 0 Å². The molecule has 4 nitrogen and oxygen atoms in total. The molecule has 3 N–H and O–H groups in total. The van der Waals surface area contributed by atoms with Gasteiger partial charge in [-0.1, -0.05) is 0 Å². The Morgan fingerprint density at radius 3 is 3.08 bits per heavy atom. The van der Waals surface area contributed by atoms with Gasteiger partial charge in [0.25, 0.3) is 0 Å². The van der Waals surface area contributed by atoms with Crippen LogP contribution in [0.3, 0.4) is 0 Å². The molecule has 0 aromatic carbocycles. The molecule has 0 radical (unpaired) electrons. The number of furan rings is 1. The highest BCUT2D eigenvalue weighted by Gasteiger charge is 2.39. The third kappa shape index (κ3) is 1.89. The first-order valence-electron chi connectivity index (χ1n) is 4.33. The normalized spacial score (nSPS) is 25.6. The van der Waals surface area contributed by atoms with Gasteiger partial charge in [0.1, 0.15) is 5.76 Å². The molecule has 1 heterocycles. The Labute approximate surface area is 76.1 Å². The Kier molecular flexibility index (Phi) is 2.06. The summed E-state index contributed by atoms with van der Waals surface area (Å²) in [7, 11) is 0. The van der Waals surface area contributed by atoms with Crippen LogP contribution in [-0.2, 0) is 11.3 Å². The number of carbonyl (C=O) groups is 1. The van der Waals surface area contributed by atoms with Crippen LogP contribution in [0, 0.1) is 5.92 Å². The van der Waals surface area contributed by atoms with Gasteiger partial charge in [0.2, 0.25) is 5.91 Å². The molecule has 70 valence electrons. The lowest BCUT2D eigenvalue weighted by Gasteiger charge is -2.00. The Morgan fingerprint density at radius 1 is 1.77 bits per heavy atom. The lowest BCUT2D eigenvalue weighted by atomic mass is 10.3. The summed E-state index contributed by atoms with van der Waals surface area (Å²) >= 11 is 0. The third-order valence-corrected chi connectivity index (χ3v) is 2.19. The first-order valence-corrected chi connectivity index (χ1v) is 4.33. The minimum atomic E-state index is 0.0231. The molecule has 1 amide bonds. The second-order valence-electron chi connectivity index (χ2n) is 3.30. The van der Waals surface area contributed by atoms with Crippen molar-refractivity contribution in [2.45, 2.75) is 19.0 Å². The molecule has 1 aliphatic rings. The van der Waals surface area contributed by atoms with Crippen molar-refractivity contribution in [3.8, 4) is 0 Å². The highest BCUT2D eigenvalue weighted by atomic mass is 16.3. The summed E-state index contributed by atoms with van der Waals surface area (Å²) in [5.74, 6) is 0.821. The molecule has 1 aromatic heterocycles. The fourth-order valence-electron chi connectivity index (χ4n) is 1.23. The minimum absolute atomic E-state index is 0.0231. The van der Waals surface area contributed by atoms with Crippen LogP contribution in [0.5, 0.6) is 0 Å². The van der Waals surface area contributed by atoms with Crippen LogP contribution in [0.2, 0.25) is 0 Å². The summed E-state index contributed by atoms with van der Waals surface area (Å²) in [4.78, 5) is 11.3. The van der Waals surface area contributed by atoms with E-state index in [9.17, 15) is 4.79 Å². The molecule has 0 spiro atoms. The molecular weight excluding hydrogens is 168 g/mol. The lowest BCUT2D eigenvalue weighted by molar-refractivity contribution is -0.122. The quantitative estimate of drug-likeness (QED) is 0.700. The summed E-state index contributed by atoms with van der Waals surface area (Å²) < 4.78 is 5.06. The monoisotopic (exact) mass is 180 g/mol. The number of hydrogen-bond donors (Lipinski definition) is 2. The Bertz CT molecular complexity index is 295. The van der Waals surface area contributed by atoms with Crippen molar-refractivity contribution in [3.63, 3.8) is 0 Å². The SMILES string of the molecule is NC1CC1C(=O)NCc1ccco1. The maximum atomic E-state index is 11.3. The van der Waals surface area contributed by atoms with E-state index in [2.05, 4.69) is 5.32 Å². The van der Waals surface area contributed by atoms with E-state index in [-0.39, 0.29) is 17.9 Å². The molecule has 0 saturated heterocycles. The van der Waals surface area contributed by atoms with Gasteiger partial charge < -0.3 is 15.5 Å². The first kappa shape index (κ1) is 8.31. The van der Waals surface area contributed by atoms with Crippen LogP contribution in [0.25, 0.3) is 0 Å². The van der Waals surface area contributed by atoms with Gasteiger partial charge in [0, 0.05) is 6.04 Å². The van der Waals surface area contributed by atoms with Crippen molar-refractivity contribution in [1.82, 2.24) is 5.32 Å². The van der Waals surface area contributed by atoms with E-state index in [0.717, 1.165) is 12.2 Å². The van der Waals surface area contributed by atoms with Crippen LogP contribution in [0.15, 0.2) is 22.8 Å². The molecule has 0 bridgehead atoms. The van der Waals surface area contributed by atoms with E-state index in [0.29, 0.717) is 6.54 Å². The molecule has 1 aliphatic carbocycles. The molecular formula is C9H12N2O2. The fourth-order valence-corrected chi connectivity index (χ4v) is 1.23. The molecule has 1 saturated carbocycles. The van der Waals surface area contributed by atoms with Crippen LogP contribution >= 0.6 is 0 Å². The zero-order valence-electron chi connectivity index (χ0n) is 7.19. The largest absolute Gasteiger partial charge is 0.467 e. The number of rotatable bonds is 3. The summed E-state index contributed by atoms with van der Waals surface area (Å²) in [6.45, 7) is 0.453. The summed E-state index contributed by atoms with van der Waals surface area (Å²) in [6, 6.07) is 3.69. The van der Waals surface area contributed by atoms with Crippen LogP contribution in [0.4, 0.5) is 0 Å². The van der Waals surface area contributed by atoms with Gasteiger partial charge in [0.05, 0.1) is 18.7 Å². The summed E-state index contributed by atoms with van der Waals surface area (Å²) in [6.07, 6.45) is 2.40. The first-order chi connectivity index (χ1) is 6.27. The van der Waals surface area contributed by atoms with E-state index in [1.165, 1.54) is 0 Å². The fraction of sp³-hybridized carbons (Fsp3) is 0.444. The van der Waals surface area contributed by atoms with Crippen molar-refractivity contribution in [2.24, 2.45) is 11.7 Å². The number of nitrogens with one attached hydrogen (secondary N) is 1. The van der Waals surface area contributed by atoms with Crippen LogP contribution < -0.4 is 11.1 Å². The maximum absolute atomic E-state index is 11.3. The van der Waals surface area contributed by atoms with E-state index >= 15 is 0 Å². The molecule has 4 heteroatoms. The highest BCUT2D eigenvalue weighted by molar-refractivity contribution is 5.82. The molecule has 13 heavy (non-hydrogen) atoms. The van der Waals surface area contributed by atoms with E-state index in [4.69, 9.17) is 10.2 Å². The zero-order valence-corrected chi connectivity index (χ0v) is 7.19. The Morgan fingerprint density at radius 2 is 2.54 bits per heavy atom. The second-order valence-corrected chi connectivity index (χ2v) is 3.30. The smallest absolute Gasteiger partial charge is 0.225 e. The van der Waals surface area contributed by atoms with Crippen molar-refractivity contribution in [3.05, 3.63) is 24.2 Å². The van der Waals surface area contributed by atoms with Crippen LogP contribution in [0.1, 0.15) is 12.2 Å². The predicted molar refractivity (Wildman–Crippen MR) is 46.6 cm³/mol. The van der Waals surface area contributed by atoms with Gasteiger partial charge >= 0.3 is 0 Å². The van der Waals surface area contributed by atoms with Crippen molar-refractivity contribution >= 4 is 5.91 Å². The Hall–Kier alpha value is -1.29. The molecule has 0 aliphatic heterocycles. The van der Waals surface area contributed by atoms with Gasteiger partial charge in [-0.25, -0.2) is 0 Å². The number of nitrogens with two attached hydrogens (primary N) is 1. The van der Waals surface area contributed by atoms with E-state index in [1.807, 2.05) is 6.07 Å². The number of amides is 1. The zero-order chi connectivity index (χ0) is 9.26. The minimum Gasteiger partial charge on any atom is -0.467 e. The lowest BCUT2D eigenvalue weighted by Crippen LogP contribution is -2.26. The Balaban J connectivity index is 1.77. The summed E-state index contributed by atoms with van der Waals surface area (Å²) in [5, 5.41) is 2.76.